The monoisotopic (exact) mass is 696 g/mol. The number of hydrogen-bond acceptors (Lipinski definition) is 4. The highest BCUT2D eigenvalue weighted by Gasteiger charge is 2.39. The van der Waals surface area contributed by atoms with Gasteiger partial charge in [-0.05, 0) is 114 Å². The van der Waals surface area contributed by atoms with Gasteiger partial charge in [0.25, 0.3) is 0 Å². The Bertz CT molecular complexity index is 2680. The van der Waals surface area contributed by atoms with Crippen LogP contribution >= 0.6 is 0 Å². The predicted molar refractivity (Wildman–Crippen MR) is 218 cm³/mol. The van der Waals surface area contributed by atoms with E-state index < -0.39 is 0 Å². The third kappa shape index (κ3) is 4.37. The van der Waals surface area contributed by atoms with Crippen LogP contribution in [0.25, 0.3) is 21.9 Å². The van der Waals surface area contributed by atoms with Crippen molar-refractivity contribution < 1.29 is 9.47 Å². The first-order valence-electron chi connectivity index (χ1n) is 19.2. The first-order valence-corrected chi connectivity index (χ1v) is 19.2. The van der Waals surface area contributed by atoms with Crippen LogP contribution in [0.3, 0.4) is 0 Å². The first-order chi connectivity index (χ1) is 26.8. The lowest BCUT2D eigenvalue weighted by Gasteiger charge is -2.31. The third-order valence-corrected chi connectivity index (χ3v) is 12.1. The van der Waals surface area contributed by atoms with E-state index in [1.165, 1.54) is 56.0 Å². The van der Waals surface area contributed by atoms with Gasteiger partial charge >= 0.3 is 0 Å². The van der Waals surface area contributed by atoms with Crippen molar-refractivity contribution in [1.29, 1.82) is 0 Å². The van der Waals surface area contributed by atoms with Crippen LogP contribution < -0.4 is 19.3 Å². The van der Waals surface area contributed by atoms with Gasteiger partial charge in [-0.25, -0.2) is 0 Å². The van der Waals surface area contributed by atoms with Crippen molar-refractivity contribution in [3.8, 4) is 28.4 Å². The second-order valence-electron chi connectivity index (χ2n) is 15.0. The van der Waals surface area contributed by atoms with Gasteiger partial charge in [-0.2, -0.15) is 0 Å². The molecule has 1 aliphatic carbocycles. The zero-order valence-corrected chi connectivity index (χ0v) is 29.7. The molecule has 54 heavy (non-hydrogen) atoms. The summed E-state index contributed by atoms with van der Waals surface area (Å²) in [6, 6.07) is 50.7. The number of rotatable bonds is 2. The molecule has 2 unspecified atom stereocenters. The highest BCUT2D eigenvalue weighted by molar-refractivity contribution is 6.07. The molecule has 0 aromatic heterocycles. The summed E-state index contributed by atoms with van der Waals surface area (Å²) in [6.45, 7) is 0. The Morgan fingerprint density at radius 3 is 1.72 bits per heavy atom. The number of benzene rings is 7. The molecule has 4 heterocycles. The Hall–Kier alpha value is -6.52. The standard InChI is InChI=1S/C50H36N2O2/c1-5-15-41-31(10-1)20-21-32-11-2-6-16-42(32)51(41)35-24-26-37-40-30-48-49(39-14-9-19-45(50(39)40)53-46(37)28-35)38-27-25-36(29-47(38)54-48)52-43-17-7-3-12-33(43)22-23-34-13-4-8-18-44(34)52/h1-19,24-30,38,47H,20-23H2. The molecule has 0 N–H and O–H groups in total. The highest BCUT2D eigenvalue weighted by atomic mass is 16.5. The number of para-hydroxylation sites is 4. The molecule has 4 nitrogen and oxygen atoms in total. The number of ether oxygens (including phenoxy) is 2. The minimum absolute atomic E-state index is 0.109. The van der Waals surface area contributed by atoms with Gasteiger partial charge in [-0.15, -0.1) is 0 Å². The van der Waals surface area contributed by atoms with Crippen LogP contribution in [0, 0.1) is 0 Å². The zero-order chi connectivity index (χ0) is 35.3. The molecule has 4 heteroatoms. The molecule has 0 bridgehead atoms. The van der Waals surface area contributed by atoms with Gasteiger partial charge in [0.1, 0.15) is 23.4 Å². The molecule has 5 aliphatic rings. The molecule has 0 saturated carbocycles. The lowest BCUT2D eigenvalue weighted by atomic mass is 9.84. The summed E-state index contributed by atoms with van der Waals surface area (Å²) in [7, 11) is 0. The Morgan fingerprint density at radius 1 is 0.500 bits per heavy atom. The molecule has 0 fully saturated rings. The van der Waals surface area contributed by atoms with Crippen molar-refractivity contribution in [3.05, 3.63) is 191 Å². The van der Waals surface area contributed by atoms with Crippen LogP contribution in [0.5, 0.6) is 17.2 Å². The molecular weight excluding hydrogens is 661 g/mol. The maximum Gasteiger partial charge on any atom is 0.137 e. The summed E-state index contributed by atoms with van der Waals surface area (Å²) >= 11 is 0. The number of nitrogens with zero attached hydrogens (tertiary/aromatic N) is 2. The molecular formula is C50H36N2O2. The fraction of sp³-hybridized carbons (Fsp3) is 0.120. The summed E-state index contributed by atoms with van der Waals surface area (Å²) in [5, 5.41) is 2.36. The quantitative estimate of drug-likeness (QED) is 0.180. The van der Waals surface area contributed by atoms with E-state index in [1.807, 2.05) is 0 Å². The third-order valence-electron chi connectivity index (χ3n) is 12.1. The van der Waals surface area contributed by atoms with E-state index in [0.29, 0.717) is 0 Å². The van der Waals surface area contributed by atoms with Crippen molar-refractivity contribution >= 4 is 39.2 Å². The van der Waals surface area contributed by atoms with Crippen molar-refractivity contribution in [2.24, 2.45) is 0 Å². The van der Waals surface area contributed by atoms with Crippen LogP contribution in [0.1, 0.15) is 33.7 Å². The van der Waals surface area contributed by atoms with Crippen molar-refractivity contribution in [2.45, 2.75) is 37.7 Å². The molecule has 7 aromatic rings. The smallest absolute Gasteiger partial charge is 0.137 e. The molecule has 0 amide bonds. The summed E-state index contributed by atoms with van der Waals surface area (Å²) < 4.78 is 13.8. The molecule has 0 radical (unpaired) electrons. The fourth-order valence-electron chi connectivity index (χ4n) is 9.68. The Morgan fingerprint density at radius 2 is 1.09 bits per heavy atom. The predicted octanol–water partition coefficient (Wildman–Crippen LogP) is 12.4. The van der Waals surface area contributed by atoms with Crippen LogP contribution in [0.15, 0.2) is 163 Å². The molecule has 0 spiro atoms. The lowest BCUT2D eigenvalue weighted by Crippen LogP contribution is -2.24. The average molecular weight is 697 g/mol. The van der Waals surface area contributed by atoms with Gasteiger partial charge < -0.3 is 19.3 Å². The second-order valence-corrected chi connectivity index (χ2v) is 15.0. The van der Waals surface area contributed by atoms with Crippen LogP contribution in [0.4, 0.5) is 28.4 Å². The van der Waals surface area contributed by atoms with Crippen molar-refractivity contribution in [3.63, 3.8) is 0 Å². The van der Waals surface area contributed by atoms with E-state index in [-0.39, 0.29) is 12.0 Å². The first kappa shape index (κ1) is 30.0. The van der Waals surface area contributed by atoms with E-state index in [4.69, 9.17) is 9.47 Å². The topological polar surface area (TPSA) is 24.9 Å². The summed E-state index contributed by atoms with van der Waals surface area (Å²) in [4.78, 5) is 4.85. The van der Waals surface area contributed by atoms with Gasteiger partial charge in [0.15, 0.2) is 0 Å². The second kappa shape index (κ2) is 11.5. The van der Waals surface area contributed by atoms with E-state index in [9.17, 15) is 0 Å². The summed E-state index contributed by atoms with van der Waals surface area (Å²) in [6.07, 6.45) is 11.0. The normalized spacial score (nSPS) is 18.3. The van der Waals surface area contributed by atoms with E-state index >= 15 is 0 Å². The van der Waals surface area contributed by atoms with Crippen molar-refractivity contribution in [1.82, 2.24) is 0 Å². The Labute approximate surface area is 314 Å². The summed E-state index contributed by atoms with van der Waals surface area (Å²) in [5.41, 5.74) is 16.1. The number of hydrogen-bond donors (Lipinski definition) is 0. The maximum absolute atomic E-state index is 6.98. The van der Waals surface area contributed by atoms with E-state index in [0.717, 1.165) is 70.8 Å². The fourth-order valence-corrected chi connectivity index (χ4v) is 9.68. The van der Waals surface area contributed by atoms with Crippen LogP contribution in [0.2, 0.25) is 0 Å². The molecule has 0 saturated heterocycles. The minimum atomic E-state index is -0.114. The minimum Gasteiger partial charge on any atom is -0.485 e. The van der Waals surface area contributed by atoms with E-state index in [2.05, 4.69) is 168 Å². The van der Waals surface area contributed by atoms with Gasteiger partial charge in [0.05, 0.1) is 0 Å². The number of allylic oxidation sites excluding steroid dienone is 1. The number of anilines is 5. The van der Waals surface area contributed by atoms with Crippen LogP contribution in [-0.2, 0) is 25.7 Å². The zero-order valence-electron chi connectivity index (χ0n) is 29.7. The average Bonchev–Trinajstić information content (AvgIpc) is 3.38. The number of fused-ring (bicyclic) bond motifs is 10. The number of aryl methyl sites for hydroxylation is 4. The Kier molecular flexibility index (Phi) is 6.38. The summed E-state index contributed by atoms with van der Waals surface area (Å²) in [5.74, 6) is 2.82. The molecule has 7 aromatic carbocycles. The van der Waals surface area contributed by atoms with Crippen molar-refractivity contribution in [2.75, 3.05) is 9.80 Å². The van der Waals surface area contributed by atoms with Gasteiger partial charge in [-0.1, -0.05) is 91.0 Å². The molecule has 4 aliphatic heterocycles. The van der Waals surface area contributed by atoms with Gasteiger partial charge in [0, 0.05) is 68.2 Å². The molecule has 12 rings (SSSR count). The van der Waals surface area contributed by atoms with Gasteiger partial charge in [-0.3, -0.25) is 0 Å². The Balaban J connectivity index is 0.959. The lowest BCUT2D eigenvalue weighted by molar-refractivity contribution is 0.268. The molecule has 258 valence electrons. The van der Waals surface area contributed by atoms with E-state index in [1.54, 1.807) is 0 Å². The largest absolute Gasteiger partial charge is 0.485 e. The van der Waals surface area contributed by atoms with Crippen LogP contribution in [-0.4, -0.2) is 6.10 Å². The molecule has 2 atom stereocenters. The van der Waals surface area contributed by atoms with Gasteiger partial charge in [0.2, 0.25) is 0 Å². The maximum atomic E-state index is 6.98. The SMILES string of the molecule is C1=CC2c3c(cc4c5c(cccc35)Oc3cc(N5c6ccccc6CCc6ccccc65)ccc3-4)OC2C=C1N1c2ccccc2CCc2ccccc21. The highest BCUT2D eigenvalue weighted by Crippen LogP contribution is 2.56.